The molecule has 6 rings (SSSR count). The minimum Gasteiger partial charge on any atom is -0.369 e. The molecule has 1 atom stereocenters. The summed E-state index contributed by atoms with van der Waals surface area (Å²) in [5.41, 5.74) is 3.73. The molecule has 2 aliphatic rings. The molecule has 4 aromatic rings. The molecule has 0 saturated heterocycles. The van der Waals surface area contributed by atoms with E-state index in [-0.39, 0.29) is 30.0 Å². The second-order valence-corrected chi connectivity index (χ2v) is 11.9. The lowest BCUT2D eigenvalue weighted by Crippen LogP contribution is -2.42. The zero-order valence-electron chi connectivity index (χ0n) is 25.8. The monoisotopic (exact) mass is 702 g/mol. The van der Waals surface area contributed by atoms with Gasteiger partial charge in [0.15, 0.2) is 17.3 Å². The van der Waals surface area contributed by atoms with Crippen LogP contribution >= 0.6 is 0 Å². The van der Waals surface area contributed by atoms with Gasteiger partial charge in [0.25, 0.3) is 11.8 Å². The average molecular weight is 703 g/mol. The summed E-state index contributed by atoms with van der Waals surface area (Å²) < 4.78 is 109. The molecule has 2 N–H and O–H groups in total. The van der Waals surface area contributed by atoms with Crippen LogP contribution in [0.25, 0.3) is 11.4 Å². The van der Waals surface area contributed by atoms with E-state index in [2.05, 4.69) is 15.0 Å². The third kappa shape index (κ3) is 6.87. The quantitative estimate of drug-likeness (QED) is 0.202. The fraction of sp³-hybridized carbons (Fsp3) is 0.265. The standard InChI is InChI=1S/C34H26F8N6O2/c35-23-7-3-20(4-8-23)28-44-15-21-17-47(18-27(21)45-28)29(49)25-14-19(2-11-26(25)34(40,41)42)16-48-30(50)32(46-31(48)43,12-1-13-33(37,38)39)22-5-9-24(36)10-6-22/h2-11,14-15H,1,12-13,16-18H2,(H2,43,46)/t32-/m1/s1. The van der Waals surface area contributed by atoms with E-state index in [0.717, 1.165) is 34.1 Å². The molecule has 3 aromatic carbocycles. The molecule has 1 aromatic heterocycles. The third-order valence-electron chi connectivity index (χ3n) is 8.51. The molecule has 0 aliphatic carbocycles. The molecular formula is C34H26F8N6O2. The Bertz CT molecular complexity index is 1980. The van der Waals surface area contributed by atoms with Crippen molar-refractivity contribution < 1.29 is 44.7 Å². The fourth-order valence-corrected chi connectivity index (χ4v) is 6.05. The van der Waals surface area contributed by atoms with Crippen molar-refractivity contribution in [2.24, 2.45) is 10.7 Å². The van der Waals surface area contributed by atoms with Gasteiger partial charge in [-0.1, -0.05) is 18.2 Å². The lowest BCUT2D eigenvalue weighted by atomic mass is 9.84. The number of hydrogen-bond acceptors (Lipinski definition) is 6. The first-order valence-corrected chi connectivity index (χ1v) is 15.1. The molecule has 8 nitrogen and oxygen atoms in total. The zero-order valence-corrected chi connectivity index (χ0v) is 25.8. The van der Waals surface area contributed by atoms with Crippen molar-refractivity contribution in [1.29, 1.82) is 0 Å². The summed E-state index contributed by atoms with van der Waals surface area (Å²) in [5.74, 6) is -3.15. The third-order valence-corrected chi connectivity index (χ3v) is 8.51. The molecule has 0 spiro atoms. The number of carbonyl (C=O) groups is 2. The SMILES string of the molecule is NC1=N[C@](CCCC(F)(F)F)(c2ccc(F)cc2)C(=O)N1Cc1ccc(C(F)(F)F)c(C(=O)N2Cc3cnc(-c4ccc(F)cc4)nc3C2)c1. The number of nitrogens with two attached hydrogens (primary N) is 1. The molecule has 16 heteroatoms. The second-order valence-electron chi connectivity index (χ2n) is 11.9. The van der Waals surface area contributed by atoms with Gasteiger partial charge in [-0.3, -0.25) is 14.5 Å². The smallest absolute Gasteiger partial charge is 0.369 e. The number of halogens is 8. The summed E-state index contributed by atoms with van der Waals surface area (Å²) in [5, 5.41) is 0. The Kier molecular flexibility index (Phi) is 8.82. The predicted molar refractivity (Wildman–Crippen MR) is 163 cm³/mol. The van der Waals surface area contributed by atoms with Gasteiger partial charge >= 0.3 is 12.4 Å². The van der Waals surface area contributed by atoms with Crippen molar-refractivity contribution in [2.75, 3.05) is 0 Å². The number of fused-ring (bicyclic) bond motifs is 1. The van der Waals surface area contributed by atoms with E-state index < -0.39 is 84.2 Å². The summed E-state index contributed by atoms with van der Waals surface area (Å²) in [7, 11) is 0. The van der Waals surface area contributed by atoms with Crippen LogP contribution in [0.3, 0.4) is 0 Å². The summed E-state index contributed by atoms with van der Waals surface area (Å²) in [6.07, 6.45) is -10.2. The van der Waals surface area contributed by atoms with Crippen LogP contribution < -0.4 is 5.73 Å². The molecular weight excluding hydrogens is 676 g/mol. The summed E-state index contributed by atoms with van der Waals surface area (Å²) in [4.78, 5) is 42.5. The Balaban J connectivity index is 1.27. The lowest BCUT2D eigenvalue weighted by molar-refractivity contribution is -0.139. The molecule has 0 unspecified atom stereocenters. The largest absolute Gasteiger partial charge is 0.417 e. The Hall–Kier alpha value is -5.41. The number of rotatable bonds is 8. The van der Waals surface area contributed by atoms with E-state index in [1.807, 2.05) is 0 Å². The van der Waals surface area contributed by atoms with E-state index in [1.54, 1.807) is 0 Å². The van der Waals surface area contributed by atoms with Crippen molar-refractivity contribution in [3.8, 4) is 11.4 Å². The van der Waals surface area contributed by atoms with Gasteiger partial charge in [0.2, 0.25) is 0 Å². The first-order chi connectivity index (χ1) is 23.5. The molecule has 2 amide bonds. The maximum absolute atomic E-state index is 14.2. The van der Waals surface area contributed by atoms with Crippen molar-refractivity contribution >= 4 is 17.8 Å². The van der Waals surface area contributed by atoms with Gasteiger partial charge in [-0.15, -0.1) is 0 Å². The van der Waals surface area contributed by atoms with Gasteiger partial charge < -0.3 is 10.6 Å². The fourth-order valence-electron chi connectivity index (χ4n) is 6.05. The average Bonchev–Trinajstić information content (AvgIpc) is 3.58. The molecule has 0 bridgehead atoms. The molecule has 3 heterocycles. The minimum atomic E-state index is -4.94. The highest BCUT2D eigenvalue weighted by molar-refractivity contribution is 6.07. The highest BCUT2D eigenvalue weighted by Crippen LogP contribution is 2.40. The Morgan fingerprint density at radius 3 is 2.20 bits per heavy atom. The Morgan fingerprint density at radius 2 is 1.56 bits per heavy atom. The molecule has 0 saturated carbocycles. The summed E-state index contributed by atoms with van der Waals surface area (Å²) in [6.45, 7) is -0.710. The van der Waals surface area contributed by atoms with Crippen molar-refractivity contribution in [2.45, 2.75) is 56.8 Å². The van der Waals surface area contributed by atoms with Crippen molar-refractivity contribution in [1.82, 2.24) is 19.8 Å². The van der Waals surface area contributed by atoms with Gasteiger partial charge in [-0.05, 0) is 72.5 Å². The van der Waals surface area contributed by atoms with Crippen LogP contribution in [0.15, 0.2) is 77.9 Å². The molecule has 50 heavy (non-hydrogen) atoms. The van der Waals surface area contributed by atoms with Crippen LogP contribution in [0.2, 0.25) is 0 Å². The van der Waals surface area contributed by atoms with Gasteiger partial charge in [-0.2, -0.15) is 26.3 Å². The minimum absolute atomic E-state index is 0.0492. The van der Waals surface area contributed by atoms with E-state index in [9.17, 15) is 44.7 Å². The number of amides is 2. The first kappa shape index (κ1) is 34.5. The number of aromatic nitrogens is 2. The highest BCUT2D eigenvalue weighted by atomic mass is 19.4. The van der Waals surface area contributed by atoms with Crippen LogP contribution in [0.1, 0.15) is 57.6 Å². The maximum atomic E-state index is 14.2. The topological polar surface area (TPSA) is 105 Å². The van der Waals surface area contributed by atoms with E-state index in [0.29, 0.717) is 22.9 Å². The van der Waals surface area contributed by atoms with Crippen LogP contribution in [-0.4, -0.2) is 43.7 Å². The number of alkyl halides is 6. The molecule has 2 aliphatic heterocycles. The molecule has 260 valence electrons. The van der Waals surface area contributed by atoms with Gasteiger partial charge in [0.1, 0.15) is 11.6 Å². The number of nitrogens with zero attached hydrogens (tertiary/aromatic N) is 5. The van der Waals surface area contributed by atoms with Gasteiger partial charge in [-0.25, -0.2) is 23.7 Å². The van der Waals surface area contributed by atoms with Gasteiger partial charge in [0.05, 0.1) is 29.9 Å². The van der Waals surface area contributed by atoms with Crippen molar-refractivity contribution in [3.63, 3.8) is 0 Å². The van der Waals surface area contributed by atoms with E-state index >= 15 is 0 Å². The van der Waals surface area contributed by atoms with Crippen LogP contribution in [-0.2, 0) is 36.1 Å². The van der Waals surface area contributed by atoms with E-state index in [4.69, 9.17) is 5.73 Å². The number of aliphatic imine (C=N–C) groups is 1. The van der Waals surface area contributed by atoms with Gasteiger partial charge in [0, 0.05) is 30.3 Å². The molecule has 0 radical (unpaired) electrons. The number of guanidine groups is 1. The second kappa shape index (κ2) is 12.8. The Morgan fingerprint density at radius 1 is 0.900 bits per heavy atom. The van der Waals surface area contributed by atoms with Crippen molar-refractivity contribution in [3.05, 3.63) is 118 Å². The highest BCUT2D eigenvalue weighted by Gasteiger charge is 2.49. The summed E-state index contributed by atoms with van der Waals surface area (Å²) >= 11 is 0. The predicted octanol–water partition coefficient (Wildman–Crippen LogP) is 6.88. The zero-order chi connectivity index (χ0) is 36.0. The Labute approximate surface area is 279 Å². The van der Waals surface area contributed by atoms with Crippen LogP contribution in [0.4, 0.5) is 35.1 Å². The number of hydrogen-bond donors (Lipinski definition) is 1. The summed E-state index contributed by atoms with van der Waals surface area (Å²) in [6, 6.07) is 12.5. The maximum Gasteiger partial charge on any atom is 0.417 e. The van der Waals surface area contributed by atoms with Crippen LogP contribution in [0, 0.1) is 11.6 Å². The van der Waals surface area contributed by atoms with E-state index in [1.165, 1.54) is 42.6 Å². The number of benzene rings is 3. The lowest BCUT2D eigenvalue weighted by Gasteiger charge is -2.27. The number of carbonyl (C=O) groups excluding carboxylic acids is 2. The first-order valence-electron chi connectivity index (χ1n) is 15.1. The molecule has 0 fully saturated rings. The normalized spacial score (nSPS) is 17.7. The van der Waals surface area contributed by atoms with Crippen LogP contribution in [0.5, 0.6) is 0 Å².